The predicted molar refractivity (Wildman–Crippen MR) is 55.8 cm³/mol. The van der Waals surface area contributed by atoms with Gasteiger partial charge in [0.25, 0.3) is 0 Å². The fourth-order valence-corrected chi connectivity index (χ4v) is 2.46. The molecule has 1 heterocycles. The maximum Gasteiger partial charge on any atom is 0.120 e. The van der Waals surface area contributed by atoms with Crippen LogP contribution in [0.2, 0.25) is 0 Å². The van der Waals surface area contributed by atoms with Gasteiger partial charge in [-0.3, -0.25) is 0 Å². The van der Waals surface area contributed by atoms with E-state index in [0.717, 1.165) is 11.6 Å². The first kappa shape index (κ1) is 9.33. The van der Waals surface area contributed by atoms with Crippen molar-refractivity contribution in [3.8, 4) is 6.07 Å². The zero-order valence-corrected chi connectivity index (χ0v) is 8.61. The van der Waals surface area contributed by atoms with Crippen molar-refractivity contribution in [1.29, 1.82) is 5.26 Å². The van der Waals surface area contributed by atoms with Gasteiger partial charge < -0.3 is 4.57 Å². The molecule has 2 heteroatoms. The van der Waals surface area contributed by atoms with E-state index in [0.29, 0.717) is 6.04 Å². The van der Waals surface area contributed by atoms with Crippen molar-refractivity contribution >= 4 is 0 Å². The largest absolute Gasteiger partial charge is 0.336 e. The summed E-state index contributed by atoms with van der Waals surface area (Å²) >= 11 is 0. The zero-order chi connectivity index (χ0) is 9.97. The number of rotatable bonds is 1. The Balaban J connectivity index is 2.18. The van der Waals surface area contributed by atoms with Crippen molar-refractivity contribution in [3.05, 3.63) is 24.0 Å². The van der Waals surface area contributed by atoms with Gasteiger partial charge in [0.1, 0.15) is 11.8 Å². The van der Waals surface area contributed by atoms with Crippen LogP contribution >= 0.6 is 0 Å². The summed E-state index contributed by atoms with van der Waals surface area (Å²) in [6.07, 6.45) is 7.15. The monoisotopic (exact) mass is 188 g/mol. The van der Waals surface area contributed by atoms with Gasteiger partial charge in [0.15, 0.2) is 0 Å². The van der Waals surface area contributed by atoms with Crippen molar-refractivity contribution in [3.63, 3.8) is 0 Å². The van der Waals surface area contributed by atoms with E-state index in [1.807, 2.05) is 18.3 Å². The Morgan fingerprint density at radius 1 is 1.50 bits per heavy atom. The highest BCUT2D eigenvalue weighted by Crippen LogP contribution is 2.32. The third-order valence-corrected chi connectivity index (χ3v) is 3.20. The number of nitriles is 1. The first-order chi connectivity index (χ1) is 6.81. The van der Waals surface area contributed by atoms with E-state index in [2.05, 4.69) is 17.6 Å². The molecule has 2 atom stereocenters. The standard InChI is InChI=1S/C12H16N2/c1-10-4-2-5-11(8-10)14-7-3-6-12(14)9-13/h3,6-7,10-11H,2,4-5,8H2,1H3. The predicted octanol–water partition coefficient (Wildman–Crippen LogP) is 3.11. The van der Waals surface area contributed by atoms with E-state index in [4.69, 9.17) is 5.26 Å². The van der Waals surface area contributed by atoms with Crippen LogP contribution in [-0.4, -0.2) is 4.57 Å². The minimum Gasteiger partial charge on any atom is -0.336 e. The SMILES string of the molecule is CC1CCCC(n2cccc2C#N)C1. The maximum atomic E-state index is 8.93. The highest BCUT2D eigenvalue weighted by molar-refractivity contribution is 5.22. The molecule has 0 aromatic carbocycles. The lowest BCUT2D eigenvalue weighted by Crippen LogP contribution is -2.17. The molecule has 0 N–H and O–H groups in total. The molecule has 2 nitrogen and oxygen atoms in total. The molecule has 0 saturated heterocycles. The summed E-state index contributed by atoms with van der Waals surface area (Å²) in [5, 5.41) is 8.93. The van der Waals surface area contributed by atoms with Crippen LogP contribution in [0.25, 0.3) is 0 Å². The zero-order valence-electron chi connectivity index (χ0n) is 8.61. The first-order valence-corrected chi connectivity index (χ1v) is 5.38. The maximum absolute atomic E-state index is 8.93. The molecule has 1 fully saturated rings. The van der Waals surface area contributed by atoms with Gasteiger partial charge in [0.2, 0.25) is 0 Å². The van der Waals surface area contributed by atoms with Gasteiger partial charge in [-0.15, -0.1) is 0 Å². The molecule has 0 aliphatic heterocycles. The summed E-state index contributed by atoms with van der Waals surface area (Å²) in [4.78, 5) is 0. The third-order valence-electron chi connectivity index (χ3n) is 3.20. The molecule has 0 bridgehead atoms. The highest BCUT2D eigenvalue weighted by atomic mass is 15.0. The van der Waals surface area contributed by atoms with Crippen molar-refractivity contribution < 1.29 is 0 Å². The van der Waals surface area contributed by atoms with Crippen molar-refractivity contribution in [2.45, 2.75) is 38.6 Å². The molecule has 0 spiro atoms. The third kappa shape index (κ3) is 1.68. The Bertz CT molecular complexity index is 345. The average molecular weight is 188 g/mol. The molecule has 1 saturated carbocycles. The van der Waals surface area contributed by atoms with Gasteiger partial charge in [0.05, 0.1) is 0 Å². The van der Waals surface area contributed by atoms with Crippen LogP contribution in [0, 0.1) is 17.2 Å². The van der Waals surface area contributed by atoms with Gasteiger partial charge in [-0.25, -0.2) is 0 Å². The van der Waals surface area contributed by atoms with Gasteiger partial charge in [-0.05, 0) is 30.9 Å². The van der Waals surface area contributed by atoms with E-state index >= 15 is 0 Å². The molecule has 0 amide bonds. The topological polar surface area (TPSA) is 28.7 Å². The Hall–Kier alpha value is -1.23. The van der Waals surface area contributed by atoms with E-state index in [1.165, 1.54) is 25.7 Å². The van der Waals surface area contributed by atoms with Crippen LogP contribution in [0.3, 0.4) is 0 Å². The average Bonchev–Trinajstić information content (AvgIpc) is 2.65. The van der Waals surface area contributed by atoms with E-state index < -0.39 is 0 Å². The summed E-state index contributed by atoms with van der Waals surface area (Å²) in [6, 6.07) is 6.68. The first-order valence-electron chi connectivity index (χ1n) is 5.38. The number of hydrogen-bond donors (Lipinski definition) is 0. The van der Waals surface area contributed by atoms with Crippen LogP contribution in [0.4, 0.5) is 0 Å². The molecule has 14 heavy (non-hydrogen) atoms. The van der Waals surface area contributed by atoms with E-state index in [9.17, 15) is 0 Å². The molecular formula is C12H16N2. The summed E-state index contributed by atoms with van der Waals surface area (Å²) in [6.45, 7) is 2.31. The van der Waals surface area contributed by atoms with Crippen LogP contribution in [0.1, 0.15) is 44.3 Å². The van der Waals surface area contributed by atoms with Crippen molar-refractivity contribution in [2.75, 3.05) is 0 Å². The van der Waals surface area contributed by atoms with Crippen LogP contribution in [-0.2, 0) is 0 Å². The van der Waals surface area contributed by atoms with Gasteiger partial charge in [0, 0.05) is 12.2 Å². The highest BCUT2D eigenvalue weighted by Gasteiger charge is 2.21. The van der Waals surface area contributed by atoms with Gasteiger partial charge >= 0.3 is 0 Å². The van der Waals surface area contributed by atoms with Gasteiger partial charge in [-0.2, -0.15) is 5.26 Å². The minimum atomic E-state index is 0.559. The Morgan fingerprint density at radius 2 is 2.36 bits per heavy atom. The summed E-state index contributed by atoms with van der Waals surface area (Å²) in [5.41, 5.74) is 0.809. The quantitative estimate of drug-likeness (QED) is 0.665. The summed E-state index contributed by atoms with van der Waals surface area (Å²) < 4.78 is 2.15. The second-order valence-corrected chi connectivity index (χ2v) is 4.34. The Morgan fingerprint density at radius 3 is 3.07 bits per heavy atom. The molecule has 1 aromatic heterocycles. The van der Waals surface area contributed by atoms with Crippen molar-refractivity contribution in [1.82, 2.24) is 4.57 Å². The lowest BCUT2D eigenvalue weighted by Gasteiger charge is -2.28. The number of aromatic nitrogens is 1. The molecule has 0 radical (unpaired) electrons. The molecular weight excluding hydrogens is 172 g/mol. The second kappa shape index (κ2) is 3.88. The van der Waals surface area contributed by atoms with E-state index in [1.54, 1.807) is 0 Å². The van der Waals surface area contributed by atoms with Crippen LogP contribution in [0.5, 0.6) is 0 Å². The lowest BCUT2D eigenvalue weighted by molar-refractivity contribution is 0.282. The number of nitrogens with zero attached hydrogens (tertiary/aromatic N) is 2. The summed E-state index contributed by atoms with van der Waals surface area (Å²) in [5.74, 6) is 0.808. The smallest absolute Gasteiger partial charge is 0.120 e. The molecule has 2 unspecified atom stereocenters. The van der Waals surface area contributed by atoms with Crippen LogP contribution in [0.15, 0.2) is 18.3 Å². The fourth-order valence-electron chi connectivity index (χ4n) is 2.46. The lowest BCUT2D eigenvalue weighted by atomic mass is 9.87. The fraction of sp³-hybridized carbons (Fsp3) is 0.583. The van der Waals surface area contributed by atoms with Crippen LogP contribution < -0.4 is 0 Å². The van der Waals surface area contributed by atoms with Crippen molar-refractivity contribution in [2.24, 2.45) is 5.92 Å². The van der Waals surface area contributed by atoms with Gasteiger partial charge in [-0.1, -0.05) is 19.8 Å². The molecule has 1 aliphatic carbocycles. The molecule has 1 aromatic rings. The Kier molecular flexibility index (Phi) is 2.58. The number of hydrogen-bond acceptors (Lipinski definition) is 1. The normalized spacial score (nSPS) is 27.1. The Labute approximate surface area is 85.2 Å². The summed E-state index contributed by atoms with van der Waals surface area (Å²) in [7, 11) is 0. The second-order valence-electron chi connectivity index (χ2n) is 4.34. The molecule has 1 aliphatic rings. The van der Waals surface area contributed by atoms with E-state index in [-0.39, 0.29) is 0 Å². The molecule has 2 rings (SSSR count). The molecule has 74 valence electrons. The minimum absolute atomic E-state index is 0.559.